The first-order chi connectivity index (χ1) is 16.8. The topological polar surface area (TPSA) is 135 Å². The van der Waals surface area contributed by atoms with E-state index in [0.717, 1.165) is 33.7 Å². The van der Waals surface area contributed by atoms with Crippen molar-refractivity contribution in [2.45, 2.75) is 25.8 Å². The zero-order chi connectivity index (χ0) is 24.9. The number of rotatable bonds is 8. The standard InChI is InChI=1S/C27H27N3O5/c1-16-12-17(6-8-23(16)31)10-11-28-27(35)22(13-19-15-29-21-5-3-2-4-20(19)21)30-26(34)18-7-9-24(32)25(33)14-18/h2-9,12,14-15,22,29,31-33H,10-11,13H2,1H3,(H,28,35)(H,30,34). The fraction of sp³-hybridized carbons (Fsp3) is 0.185. The normalized spacial score (nSPS) is 11.8. The van der Waals surface area contributed by atoms with E-state index in [4.69, 9.17) is 0 Å². The van der Waals surface area contributed by atoms with Crippen molar-refractivity contribution in [2.75, 3.05) is 6.54 Å². The van der Waals surface area contributed by atoms with Gasteiger partial charge in [0, 0.05) is 35.6 Å². The molecular formula is C27H27N3O5. The summed E-state index contributed by atoms with van der Waals surface area (Å²) in [5.74, 6) is -1.42. The third-order valence-electron chi connectivity index (χ3n) is 5.93. The second-order valence-electron chi connectivity index (χ2n) is 8.46. The zero-order valence-electron chi connectivity index (χ0n) is 19.2. The monoisotopic (exact) mass is 473 g/mol. The third-order valence-corrected chi connectivity index (χ3v) is 5.93. The number of hydrogen-bond donors (Lipinski definition) is 6. The van der Waals surface area contributed by atoms with E-state index in [1.54, 1.807) is 12.1 Å². The van der Waals surface area contributed by atoms with Gasteiger partial charge in [0.15, 0.2) is 11.5 Å². The summed E-state index contributed by atoms with van der Waals surface area (Å²) in [5, 5.41) is 35.6. The molecule has 0 saturated heterocycles. The van der Waals surface area contributed by atoms with Crippen LogP contribution in [0.4, 0.5) is 0 Å². The van der Waals surface area contributed by atoms with Crippen molar-refractivity contribution in [3.8, 4) is 17.2 Å². The number of para-hydroxylation sites is 1. The number of hydrogen-bond acceptors (Lipinski definition) is 5. The van der Waals surface area contributed by atoms with E-state index in [-0.39, 0.29) is 29.4 Å². The zero-order valence-corrected chi connectivity index (χ0v) is 19.2. The Hall–Kier alpha value is -4.46. The first-order valence-corrected chi connectivity index (χ1v) is 11.3. The van der Waals surface area contributed by atoms with E-state index >= 15 is 0 Å². The Labute approximate surface area is 202 Å². The number of carbonyl (C=O) groups is 2. The first-order valence-electron chi connectivity index (χ1n) is 11.3. The van der Waals surface area contributed by atoms with Crippen LogP contribution in [-0.4, -0.2) is 44.7 Å². The van der Waals surface area contributed by atoms with Gasteiger partial charge in [-0.05, 0) is 60.4 Å². The average Bonchev–Trinajstić information content (AvgIpc) is 3.25. The molecule has 0 aliphatic heterocycles. The molecule has 4 rings (SSSR count). The highest BCUT2D eigenvalue weighted by molar-refractivity contribution is 5.98. The molecular weight excluding hydrogens is 446 g/mol. The van der Waals surface area contributed by atoms with E-state index in [2.05, 4.69) is 15.6 Å². The van der Waals surface area contributed by atoms with Crippen LogP contribution >= 0.6 is 0 Å². The summed E-state index contributed by atoms with van der Waals surface area (Å²) in [4.78, 5) is 29.2. The molecule has 8 nitrogen and oxygen atoms in total. The number of amides is 2. The Kier molecular flexibility index (Phi) is 6.91. The van der Waals surface area contributed by atoms with Gasteiger partial charge in [0.05, 0.1) is 0 Å². The minimum atomic E-state index is -0.876. The molecule has 8 heteroatoms. The molecule has 0 saturated carbocycles. The summed E-state index contributed by atoms with van der Waals surface area (Å²) in [6.45, 7) is 2.16. The third kappa shape index (κ3) is 5.55. The highest BCUT2D eigenvalue weighted by Gasteiger charge is 2.23. The van der Waals surface area contributed by atoms with Crippen molar-refractivity contribution >= 4 is 22.7 Å². The van der Waals surface area contributed by atoms with Crippen molar-refractivity contribution in [3.05, 3.63) is 89.1 Å². The molecule has 1 unspecified atom stereocenters. The van der Waals surface area contributed by atoms with Crippen LogP contribution in [0, 0.1) is 6.92 Å². The number of aromatic nitrogens is 1. The first kappa shape index (κ1) is 23.7. The van der Waals surface area contributed by atoms with Gasteiger partial charge in [0.1, 0.15) is 11.8 Å². The average molecular weight is 474 g/mol. The molecule has 0 bridgehead atoms. The van der Waals surface area contributed by atoms with Crippen molar-refractivity contribution < 1.29 is 24.9 Å². The summed E-state index contributed by atoms with van der Waals surface area (Å²) in [6, 6.07) is 15.9. The summed E-state index contributed by atoms with van der Waals surface area (Å²) in [5.41, 5.74) is 3.66. The van der Waals surface area contributed by atoms with Gasteiger partial charge < -0.3 is 30.9 Å². The summed E-state index contributed by atoms with van der Waals surface area (Å²) in [6.07, 6.45) is 2.64. The lowest BCUT2D eigenvalue weighted by molar-refractivity contribution is -0.122. The largest absolute Gasteiger partial charge is 0.508 e. The van der Waals surface area contributed by atoms with Crippen LogP contribution in [0.15, 0.2) is 66.9 Å². The number of aryl methyl sites for hydroxylation is 1. The number of fused-ring (bicyclic) bond motifs is 1. The van der Waals surface area contributed by atoms with Crippen LogP contribution in [0.5, 0.6) is 17.2 Å². The molecule has 0 spiro atoms. The van der Waals surface area contributed by atoms with Gasteiger partial charge in [-0.1, -0.05) is 30.3 Å². The molecule has 1 heterocycles. The number of phenols is 3. The minimum Gasteiger partial charge on any atom is -0.508 e. The smallest absolute Gasteiger partial charge is 0.252 e. The maximum Gasteiger partial charge on any atom is 0.252 e. The van der Waals surface area contributed by atoms with Gasteiger partial charge in [-0.2, -0.15) is 0 Å². The summed E-state index contributed by atoms with van der Waals surface area (Å²) < 4.78 is 0. The number of aromatic hydroxyl groups is 3. The van der Waals surface area contributed by atoms with E-state index in [1.165, 1.54) is 12.1 Å². The van der Waals surface area contributed by atoms with Gasteiger partial charge in [0.25, 0.3) is 5.91 Å². The summed E-state index contributed by atoms with van der Waals surface area (Å²) in [7, 11) is 0. The number of aromatic amines is 1. The van der Waals surface area contributed by atoms with Crippen LogP contribution in [-0.2, 0) is 17.6 Å². The van der Waals surface area contributed by atoms with E-state index in [9.17, 15) is 24.9 Å². The van der Waals surface area contributed by atoms with E-state index in [0.29, 0.717) is 13.0 Å². The molecule has 0 fully saturated rings. The second kappa shape index (κ2) is 10.2. The molecule has 4 aromatic rings. The number of phenolic OH excluding ortho intramolecular Hbond substituents is 3. The summed E-state index contributed by atoms with van der Waals surface area (Å²) >= 11 is 0. The maximum atomic E-state index is 13.1. The fourth-order valence-electron chi connectivity index (χ4n) is 3.96. The highest BCUT2D eigenvalue weighted by Crippen LogP contribution is 2.25. The molecule has 1 atom stereocenters. The molecule has 180 valence electrons. The highest BCUT2D eigenvalue weighted by atomic mass is 16.3. The molecule has 6 N–H and O–H groups in total. The predicted octanol–water partition coefficient (Wildman–Crippen LogP) is 3.29. The van der Waals surface area contributed by atoms with Crippen LogP contribution < -0.4 is 10.6 Å². The molecule has 1 aromatic heterocycles. The maximum absolute atomic E-state index is 13.1. The number of benzene rings is 3. The quantitative estimate of drug-likeness (QED) is 0.218. The number of nitrogens with one attached hydrogen (secondary N) is 3. The number of carbonyl (C=O) groups excluding carboxylic acids is 2. The molecule has 0 aliphatic carbocycles. The molecule has 0 radical (unpaired) electrons. The molecule has 35 heavy (non-hydrogen) atoms. The lowest BCUT2D eigenvalue weighted by atomic mass is 10.0. The van der Waals surface area contributed by atoms with Crippen LogP contribution in [0.2, 0.25) is 0 Å². The Morgan fingerprint density at radius 1 is 0.943 bits per heavy atom. The van der Waals surface area contributed by atoms with Gasteiger partial charge >= 0.3 is 0 Å². The van der Waals surface area contributed by atoms with Crippen LogP contribution in [0.25, 0.3) is 10.9 Å². The van der Waals surface area contributed by atoms with Gasteiger partial charge in [-0.15, -0.1) is 0 Å². The molecule has 2 amide bonds. The Morgan fingerprint density at radius 2 is 1.71 bits per heavy atom. The number of H-pyrrole nitrogens is 1. The van der Waals surface area contributed by atoms with Gasteiger partial charge in [-0.3, -0.25) is 9.59 Å². The van der Waals surface area contributed by atoms with E-state index < -0.39 is 17.7 Å². The molecule has 3 aromatic carbocycles. The Morgan fingerprint density at radius 3 is 2.49 bits per heavy atom. The molecule has 0 aliphatic rings. The Bertz CT molecular complexity index is 1380. The second-order valence-corrected chi connectivity index (χ2v) is 8.46. The minimum absolute atomic E-state index is 0.122. The van der Waals surface area contributed by atoms with Crippen molar-refractivity contribution in [2.24, 2.45) is 0 Å². The fourth-order valence-corrected chi connectivity index (χ4v) is 3.96. The SMILES string of the molecule is Cc1cc(CCNC(=O)C(Cc2c[nH]c3ccccc23)NC(=O)c2ccc(O)c(O)c2)ccc1O. The van der Waals surface area contributed by atoms with Crippen molar-refractivity contribution in [1.29, 1.82) is 0 Å². The predicted molar refractivity (Wildman–Crippen MR) is 133 cm³/mol. The van der Waals surface area contributed by atoms with Crippen molar-refractivity contribution in [3.63, 3.8) is 0 Å². The van der Waals surface area contributed by atoms with Crippen molar-refractivity contribution in [1.82, 2.24) is 15.6 Å². The van der Waals surface area contributed by atoms with Crippen LogP contribution in [0.3, 0.4) is 0 Å². The lowest BCUT2D eigenvalue weighted by Crippen LogP contribution is -2.48. The Balaban J connectivity index is 1.50. The van der Waals surface area contributed by atoms with Gasteiger partial charge in [0.2, 0.25) is 5.91 Å². The van der Waals surface area contributed by atoms with Crippen LogP contribution in [0.1, 0.15) is 27.0 Å². The lowest BCUT2D eigenvalue weighted by Gasteiger charge is -2.19. The van der Waals surface area contributed by atoms with E-state index in [1.807, 2.05) is 43.5 Å². The van der Waals surface area contributed by atoms with Gasteiger partial charge in [-0.25, -0.2) is 0 Å².